The molecule has 3 aromatic carbocycles. The predicted molar refractivity (Wildman–Crippen MR) is 140 cm³/mol. The minimum atomic E-state index is -0.466. The summed E-state index contributed by atoms with van der Waals surface area (Å²) < 4.78 is 14.5. The van der Waals surface area contributed by atoms with E-state index in [4.69, 9.17) is 9.26 Å². The van der Waals surface area contributed by atoms with Crippen molar-refractivity contribution in [2.75, 3.05) is 11.9 Å². The first-order chi connectivity index (χ1) is 17.9. The zero-order chi connectivity index (χ0) is 25.9. The molecule has 0 saturated heterocycles. The van der Waals surface area contributed by atoms with E-state index in [9.17, 15) is 9.59 Å². The van der Waals surface area contributed by atoms with Gasteiger partial charge >= 0.3 is 0 Å². The average Bonchev–Trinajstić information content (AvgIpc) is 3.48. The Kier molecular flexibility index (Phi) is 6.42. The van der Waals surface area contributed by atoms with Crippen molar-refractivity contribution in [3.05, 3.63) is 100 Å². The Hall–Kier alpha value is -4.92. The zero-order valence-electron chi connectivity index (χ0n) is 20.6. The number of hydrogen-bond donors (Lipinski definition) is 1. The first kappa shape index (κ1) is 23.8. The molecule has 0 aliphatic heterocycles. The zero-order valence-corrected chi connectivity index (χ0v) is 20.6. The fraction of sp³-hybridized carbons (Fsp3) is 0.143. The van der Waals surface area contributed by atoms with Gasteiger partial charge in [-0.3, -0.25) is 14.3 Å². The smallest absolute Gasteiger partial charge is 0.295 e. The van der Waals surface area contributed by atoms with E-state index in [2.05, 4.69) is 15.5 Å². The average molecular weight is 496 g/mol. The molecule has 0 bridgehead atoms. The van der Waals surface area contributed by atoms with Gasteiger partial charge in [0.15, 0.2) is 6.61 Å². The van der Waals surface area contributed by atoms with Crippen LogP contribution >= 0.6 is 0 Å². The Morgan fingerprint density at radius 1 is 0.946 bits per heavy atom. The second-order valence-electron chi connectivity index (χ2n) is 8.51. The number of rotatable bonds is 7. The summed E-state index contributed by atoms with van der Waals surface area (Å²) in [6.07, 6.45) is 0. The number of carbonyl (C=O) groups excluding carboxylic acids is 1. The Bertz CT molecular complexity index is 1630. The number of anilines is 1. The van der Waals surface area contributed by atoms with Gasteiger partial charge in [0.1, 0.15) is 11.4 Å². The van der Waals surface area contributed by atoms with Gasteiger partial charge in [-0.15, -0.1) is 0 Å². The van der Waals surface area contributed by atoms with E-state index in [0.29, 0.717) is 28.5 Å². The molecule has 9 nitrogen and oxygen atoms in total. The highest BCUT2D eigenvalue weighted by Crippen LogP contribution is 2.31. The Morgan fingerprint density at radius 3 is 2.38 bits per heavy atom. The summed E-state index contributed by atoms with van der Waals surface area (Å²) in [5, 5.41) is 6.81. The van der Waals surface area contributed by atoms with Crippen LogP contribution in [0.5, 0.6) is 5.75 Å². The maximum Gasteiger partial charge on any atom is 0.295 e. The minimum Gasteiger partial charge on any atom is -0.483 e. The fourth-order valence-corrected chi connectivity index (χ4v) is 4.07. The Labute approximate surface area is 212 Å². The molecule has 0 radical (unpaired) electrons. The minimum absolute atomic E-state index is 0.202. The summed E-state index contributed by atoms with van der Waals surface area (Å²) in [6, 6.07) is 24.1. The lowest BCUT2D eigenvalue weighted by molar-refractivity contribution is -0.118. The molecule has 1 N–H and O–H groups in total. The second kappa shape index (κ2) is 9.98. The third kappa shape index (κ3) is 4.66. The molecular weight excluding hydrogens is 470 g/mol. The summed E-state index contributed by atoms with van der Waals surface area (Å²) in [7, 11) is 1.77. The number of para-hydroxylation sites is 2. The molecule has 5 rings (SSSR count). The molecule has 0 aliphatic rings. The van der Waals surface area contributed by atoms with Crippen LogP contribution in [0.1, 0.15) is 11.3 Å². The molecule has 0 spiro atoms. The third-order valence-electron chi connectivity index (χ3n) is 6.11. The number of carbonyl (C=O) groups is 1. The van der Waals surface area contributed by atoms with Gasteiger partial charge in [0.2, 0.25) is 5.82 Å². The van der Waals surface area contributed by atoms with Crippen LogP contribution in [-0.2, 0) is 11.8 Å². The van der Waals surface area contributed by atoms with Crippen molar-refractivity contribution in [1.82, 2.24) is 19.5 Å². The van der Waals surface area contributed by atoms with E-state index in [1.807, 2.05) is 67.6 Å². The number of ether oxygens (including phenoxy) is 1. The predicted octanol–water partition coefficient (Wildman–Crippen LogP) is 4.53. The highest BCUT2D eigenvalue weighted by atomic mass is 16.5. The first-order valence-electron chi connectivity index (χ1n) is 11.7. The molecule has 2 heterocycles. The second-order valence-corrected chi connectivity index (χ2v) is 8.51. The Balaban J connectivity index is 1.33. The number of hydrogen-bond acceptors (Lipinski definition) is 6. The number of aryl methyl sites for hydroxylation is 1. The lowest BCUT2D eigenvalue weighted by Crippen LogP contribution is -2.25. The molecule has 0 unspecified atom stereocenters. The highest BCUT2D eigenvalue weighted by Gasteiger charge is 2.20. The summed E-state index contributed by atoms with van der Waals surface area (Å²) >= 11 is 0. The molecule has 0 fully saturated rings. The van der Waals surface area contributed by atoms with E-state index < -0.39 is 5.91 Å². The molecule has 0 atom stereocenters. The molecule has 37 heavy (non-hydrogen) atoms. The van der Waals surface area contributed by atoms with Gasteiger partial charge < -0.3 is 14.6 Å². The first-order valence-corrected chi connectivity index (χ1v) is 11.7. The van der Waals surface area contributed by atoms with Crippen LogP contribution in [0.4, 0.5) is 5.69 Å². The number of benzene rings is 3. The lowest BCUT2D eigenvalue weighted by atomic mass is 10.1. The lowest BCUT2D eigenvalue weighted by Gasteiger charge is -2.09. The fourth-order valence-electron chi connectivity index (χ4n) is 4.07. The molecule has 0 aliphatic carbocycles. The monoisotopic (exact) mass is 495 g/mol. The number of amides is 1. The third-order valence-corrected chi connectivity index (χ3v) is 6.11. The number of nitrogens with zero attached hydrogens (tertiary/aromatic N) is 4. The Morgan fingerprint density at radius 2 is 1.62 bits per heavy atom. The van der Waals surface area contributed by atoms with Crippen LogP contribution in [-0.4, -0.2) is 32.0 Å². The van der Waals surface area contributed by atoms with Crippen molar-refractivity contribution in [3.8, 4) is 34.3 Å². The van der Waals surface area contributed by atoms with Crippen molar-refractivity contribution < 1.29 is 14.1 Å². The molecule has 5 aromatic rings. The standard InChI is InChI=1S/C28H25N5O4/c1-18-11-7-8-14-21(18)26-30-27(37-31-26)22-15-9-10-16-23(22)36-17-24(34)29-25-19(2)32(3)33(28(25)35)20-12-5-4-6-13-20/h4-16H,17H2,1-3H3,(H,29,34). The van der Waals surface area contributed by atoms with E-state index >= 15 is 0 Å². The van der Waals surface area contributed by atoms with Gasteiger partial charge in [-0.05, 0) is 43.7 Å². The van der Waals surface area contributed by atoms with Crippen molar-refractivity contribution in [2.24, 2.45) is 7.05 Å². The number of aromatic nitrogens is 4. The van der Waals surface area contributed by atoms with E-state index in [1.54, 1.807) is 36.9 Å². The van der Waals surface area contributed by atoms with Gasteiger partial charge in [-0.2, -0.15) is 4.98 Å². The van der Waals surface area contributed by atoms with Crippen LogP contribution < -0.4 is 15.6 Å². The largest absolute Gasteiger partial charge is 0.483 e. The SMILES string of the molecule is Cc1ccccc1-c1noc(-c2ccccc2OCC(=O)Nc2c(C)n(C)n(-c3ccccc3)c2=O)n1. The highest BCUT2D eigenvalue weighted by molar-refractivity contribution is 5.92. The van der Waals surface area contributed by atoms with Crippen LogP contribution in [0.2, 0.25) is 0 Å². The van der Waals surface area contributed by atoms with Crippen LogP contribution in [0.15, 0.2) is 88.2 Å². The van der Waals surface area contributed by atoms with Crippen molar-refractivity contribution >= 4 is 11.6 Å². The maximum absolute atomic E-state index is 13.1. The molecule has 9 heteroatoms. The van der Waals surface area contributed by atoms with E-state index in [0.717, 1.165) is 11.1 Å². The van der Waals surface area contributed by atoms with Crippen LogP contribution in [0, 0.1) is 13.8 Å². The quantitative estimate of drug-likeness (QED) is 0.356. The van der Waals surface area contributed by atoms with Crippen LogP contribution in [0.3, 0.4) is 0 Å². The van der Waals surface area contributed by atoms with Gasteiger partial charge in [0.25, 0.3) is 17.4 Å². The normalized spacial score (nSPS) is 10.9. The molecule has 0 saturated carbocycles. The summed E-state index contributed by atoms with van der Waals surface area (Å²) in [5.41, 5.74) is 3.66. The summed E-state index contributed by atoms with van der Waals surface area (Å²) in [5.74, 6) is 0.685. The molecule has 2 aromatic heterocycles. The van der Waals surface area contributed by atoms with Crippen LogP contribution in [0.25, 0.3) is 28.5 Å². The molecular formula is C28H25N5O4. The van der Waals surface area contributed by atoms with Gasteiger partial charge in [0.05, 0.1) is 16.9 Å². The van der Waals surface area contributed by atoms with Gasteiger partial charge in [-0.1, -0.05) is 59.8 Å². The number of nitrogens with one attached hydrogen (secondary N) is 1. The van der Waals surface area contributed by atoms with Crippen molar-refractivity contribution in [1.29, 1.82) is 0 Å². The molecule has 1 amide bonds. The summed E-state index contributed by atoms with van der Waals surface area (Å²) in [4.78, 5) is 30.4. The van der Waals surface area contributed by atoms with E-state index in [1.165, 1.54) is 4.68 Å². The van der Waals surface area contributed by atoms with Gasteiger partial charge in [0, 0.05) is 12.6 Å². The van der Waals surface area contributed by atoms with Crippen molar-refractivity contribution in [2.45, 2.75) is 13.8 Å². The molecule has 186 valence electrons. The van der Waals surface area contributed by atoms with E-state index in [-0.39, 0.29) is 23.7 Å². The maximum atomic E-state index is 13.1. The topological polar surface area (TPSA) is 104 Å². The summed E-state index contributed by atoms with van der Waals surface area (Å²) in [6.45, 7) is 3.44. The van der Waals surface area contributed by atoms with Gasteiger partial charge in [-0.25, -0.2) is 4.68 Å². The van der Waals surface area contributed by atoms with Crippen molar-refractivity contribution in [3.63, 3.8) is 0 Å².